The van der Waals surface area contributed by atoms with Crippen molar-refractivity contribution in [3.8, 4) is 0 Å². The van der Waals surface area contributed by atoms with Gasteiger partial charge in [-0.2, -0.15) is 4.39 Å². The number of rotatable bonds is 2. The third-order valence-electron chi connectivity index (χ3n) is 1.64. The van der Waals surface area contributed by atoms with E-state index >= 15 is 0 Å². The maximum atomic E-state index is 13.2. The van der Waals surface area contributed by atoms with Gasteiger partial charge in [0.1, 0.15) is 16.1 Å². The molecule has 0 fully saturated rings. The normalized spacial score (nSPS) is 14.4. The Bertz CT molecular complexity index is 406. The first kappa shape index (κ1) is 13.6. The van der Waals surface area contributed by atoms with Gasteiger partial charge >= 0.3 is 0 Å². The van der Waals surface area contributed by atoms with Crippen molar-refractivity contribution >= 4 is 33.5 Å². The highest BCUT2D eigenvalue weighted by atomic mass is 79.9. The fraction of sp³-hybridized carbons (Fsp3) is 0.400. The Hall–Kier alpha value is -0.460. The van der Waals surface area contributed by atoms with Gasteiger partial charge in [0.25, 0.3) is 0 Å². The molecule has 0 saturated carbocycles. The lowest BCUT2D eigenvalue weighted by Gasteiger charge is -2.17. The lowest BCUT2D eigenvalue weighted by atomic mass is 10.3. The zero-order valence-electron chi connectivity index (χ0n) is 9.20. The van der Waals surface area contributed by atoms with Crippen LogP contribution in [0, 0.1) is 5.95 Å². The zero-order chi connectivity index (χ0) is 12.3. The minimum Gasteiger partial charge on any atom is -0.591 e. The van der Waals surface area contributed by atoms with Crippen molar-refractivity contribution in [1.82, 2.24) is 4.98 Å². The molecule has 0 spiro atoms. The summed E-state index contributed by atoms with van der Waals surface area (Å²) in [5.41, 5.74) is 0.215. The van der Waals surface area contributed by atoms with Crippen molar-refractivity contribution in [2.45, 2.75) is 25.5 Å². The first-order valence-electron chi connectivity index (χ1n) is 4.58. The van der Waals surface area contributed by atoms with Gasteiger partial charge in [0.15, 0.2) is 0 Å². The van der Waals surface area contributed by atoms with Crippen LogP contribution in [0.25, 0.3) is 0 Å². The number of hydrogen-bond donors (Lipinski definition) is 0. The van der Waals surface area contributed by atoms with Crippen LogP contribution in [0.1, 0.15) is 26.3 Å². The Balaban J connectivity index is 2.88. The van der Waals surface area contributed by atoms with Gasteiger partial charge in [-0.1, -0.05) is 4.40 Å². The monoisotopic (exact) mass is 306 g/mol. The summed E-state index contributed by atoms with van der Waals surface area (Å²) >= 11 is 1.78. The van der Waals surface area contributed by atoms with E-state index < -0.39 is 22.1 Å². The molecule has 0 aromatic carbocycles. The molecule has 1 rings (SSSR count). The fourth-order valence-electron chi connectivity index (χ4n) is 0.792. The third kappa shape index (κ3) is 3.84. The largest absolute Gasteiger partial charge is 0.591 e. The molecule has 1 aromatic heterocycles. The highest BCUT2D eigenvalue weighted by Crippen LogP contribution is 2.17. The average Bonchev–Trinajstić information content (AvgIpc) is 2.17. The molecule has 0 amide bonds. The highest BCUT2D eigenvalue weighted by molar-refractivity contribution is 9.10. The molecule has 0 N–H and O–H groups in total. The average molecular weight is 307 g/mol. The Kier molecular flexibility index (Phi) is 4.46. The summed E-state index contributed by atoms with van der Waals surface area (Å²) < 4.78 is 28.8. The van der Waals surface area contributed by atoms with Crippen molar-refractivity contribution in [2.75, 3.05) is 0 Å². The van der Waals surface area contributed by atoms with Crippen molar-refractivity contribution in [3.63, 3.8) is 0 Å². The molecular weight excluding hydrogens is 295 g/mol. The van der Waals surface area contributed by atoms with E-state index in [0.717, 1.165) is 0 Å². The summed E-state index contributed by atoms with van der Waals surface area (Å²) in [5.74, 6) is -0.627. The molecule has 0 bridgehead atoms. The summed E-state index contributed by atoms with van der Waals surface area (Å²) in [5, 5.41) is 0. The molecule has 1 atom stereocenters. The molecule has 6 heteroatoms. The molecule has 0 aliphatic rings. The van der Waals surface area contributed by atoms with Crippen LogP contribution in [0.4, 0.5) is 4.39 Å². The lowest BCUT2D eigenvalue weighted by Crippen LogP contribution is -2.25. The zero-order valence-corrected chi connectivity index (χ0v) is 11.6. The van der Waals surface area contributed by atoms with E-state index in [1.54, 1.807) is 20.8 Å². The summed E-state index contributed by atoms with van der Waals surface area (Å²) in [6, 6.07) is 1.53. The van der Waals surface area contributed by atoms with E-state index in [0.29, 0.717) is 4.47 Å². The fourth-order valence-corrected chi connectivity index (χ4v) is 1.67. The van der Waals surface area contributed by atoms with E-state index in [9.17, 15) is 8.94 Å². The Labute approximate surface area is 106 Å². The second kappa shape index (κ2) is 5.25. The first-order valence-corrected chi connectivity index (χ1v) is 6.48. The van der Waals surface area contributed by atoms with E-state index in [-0.39, 0.29) is 5.56 Å². The molecule has 88 valence electrons. The molecule has 0 aliphatic heterocycles. The van der Waals surface area contributed by atoms with Crippen molar-refractivity contribution in [3.05, 3.63) is 28.2 Å². The van der Waals surface area contributed by atoms with Gasteiger partial charge in [-0.15, -0.1) is 0 Å². The van der Waals surface area contributed by atoms with Gasteiger partial charge in [0.05, 0.1) is 11.8 Å². The van der Waals surface area contributed by atoms with Crippen LogP contribution in [-0.4, -0.2) is 20.5 Å². The second-order valence-electron chi connectivity index (χ2n) is 4.13. The van der Waals surface area contributed by atoms with Crippen molar-refractivity contribution in [1.29, 1.82) is 0 Å². The molecule has 16 heavy (non-hydrogen) atoms. The first-order chi connectivity index (χ1) is 7.30. The minimum atomic E-state index is -1.39. The Morgan fingerprint density at radius 3 is 2.75 bits per heavy atom. The molecule has 0 aliphatic carbocycles. The van der Waals surface area contributed by atoms with Crippen LogP contribution in [0.2, 0.25) is 0 Å². The van der Waals surface area contributed by atoms with Crippen LogP contribution in [-0.2, 0) is 11.4 Å². The maximum absolute atomic E-state index is 13.2. The molecule has 0 saturated heterocycles. The van der Waals surface area contributed by atoms with Gasteiger partial charge in [-0.05, 0) is 42.8 Å². The number of aromatic nitrogens is 1. The van der Waals surface area contributed by atoms with Crippen LogP contribution in [0.5, 0.6) is 0 Å². The van der Waals surface area contributed by atoms with Crippen molar-refractivity contribution < 1.29 is 8.94 Å². The molecular formula is C10H12BrFN2OS. The lowest BCUT2D eigenvalue weighted by molar-refractivity contribution is 0.561. The van der Waals surface area contributed by atoms with Crippen LogP contribution in [0.15, 0.2) is 21.1 Å². The third-order valence-corrected chi connectivity index (χ3v) is 3.42. The minimum absolute atomic E-state index is 0.215. The standard InChI is InChI=1S/C10H12BrFN2OS/c1-10(2,3)16(15)14-5-7-4-8(11)6-13-9(7)12/h4-6H,1-3H3/b14-5+. The van der Waals surface area contributed by atoms with E-state index in [4.69, 9.17) is 0 Å². The number of pyridine rings is 1. The predicted molar refractivity (Wildman–Crippen MR) is 67.4 cm³/mol. The van der Waals surface area contributed by atoms with Gasteiger partial charge < -0.3 is 4.55 Å². The van der Waals surface area contributed by atoms with E-state index in [2.05, 4.69) is 25.3 Å². The summed E-state index contributed by atoms with van der Waals surface area (Å²) in [6.07, 6.45) is 2.60. The van der Waals surface area contributed by atoms with Crippen LogP contribution >= 0.6 is 15.9 Å². The van der Waals surface area contributed by atoms with Gasteiger partial charge in [0.2, 0.25) is 5.95 Å². The molecule has 3 nitrogen and oxygen atoms in total. The quantitative estimate of drug-likeness (QED) is 0.479. The smallest absolute Gasteiger partial charge is 0.221 e. The summed E-state index contributed by atoms with van der Waals surface area (Å²) in [6.45, 7) is 5.40. The van der Waals surface area contributed by atoms with Gasteiger partial charge in [0, 0.05) is 10.7 Å². The maximum Gasteiger partial charge on any atom is 0.221 e. The topological polar surface area (TPSA) is 48.3 Å². The number of hydrogen-bond acceptors (Lipinski definition) is 3. The van der Waals surface area contributed by atoms with E-state index in [1.807, 2.05) is 0 Å². The molecule has 1 unspecified atom stereocenters. The Morgan fingerprint density at radius 1 is 1.56 bits per heavy atom. The summed E-state index contributed by atoms with van der Waals surface area (Å²) in [4.78, 5) is 3.52. The molecule has 1 heterocycles. The van der Waals surface area contributed by atoms with Crippen molar-refractivity contribution in [2.24, 2.45) is 4.40 Å². The predicted octanol–water partition coefficient (Wildman–Crippen LogP) is 2.86. The number of halogens is 2. The van der Waals surface area contributed by atoms with Gasteiger partial charge in [-0.25, -0.2) is 4.98 Å². The molecule has 1 aromatic rings. The Morgan fingerprint density at radius 2 is 2.19 bits per heavy atom. The van der Waals surface area contributed by atoms with Crippen LogP contribution in [0.3, 0.4) is 0 Å². The van der Waals surface area contributed by atoms with Crippen LogP contribution < -0.4 is 0 Å². The highest BCUT2D eigenvalue weighted by Gasteiger charge is 2.25. The SMILES string of the molecule is CC(C)(C)[S+]([O-])/N=C/c1cc(Br)cnc1F. The summed E-state index contributed by atoms with van der Waals surface area (Å²) in [7, 11) is 0. The second-order valence-corrected chi connectivity index (χ2v) is 6.98. The van der Waals surface area contributed by atoms with Gasteiger partial charge in [-0.3, -0.25) is 0 Å². The van der Waals surface area contributed by atoms with E-state index in [1.165, 1.54) is 18.5 Å². The molecule has 0 radical (unpaired) electrons. The number of nitrogens with zero attached hydrogens (tertiary/aromatic N) is 2.